The zero-order valence-electron chi connectivity index (χ0n) is 9.20. The van der Waals surface area contributed by atoms with Crippen molar-refractivity contribution in [1.29, 1.82) is 0 Å². The van der Waals surface area contributed by atoms with Gasteiger partial charge in [-0.25, -0.2) is 14.8 Å². The molecule has 0 amide bonds. The number of fused-ring (bicyclic) bond motifs is 1. The Morgan fingerprint density at radius 3 is 2.89 bits per heavy atom. The molecule has 0 saturated carbocycles. The van der Waals surface area contributed by atoms with E-state index >= 15 is 0 Å². The molecule has 3 aromatic rings. The van der Waals surface area contributed by atoms with Crippen molar-refractivity contribution in [3.8, 4) is 11.4 Å². The van der Waals surface area contributed by atoms with Gasteiger partial charge in [-0.05, 0) is 12.1 Å². The smallest absolute Gasteiger partial charge is 0.354 e. The number of benzene rings is 1. The molecule has 0 spiro atoms. The Labute approximate surface area is 107 Å². The maximum Gasteiger partial charge on any atom is 0.354 e. The predicted octanol–water partition coefficient (Wildman–Crippen LogP) is 3.06. The van der Waals surface area contributed by atoms with E-state index in [0.717, 1.165) is 15.6 Å². The van der Waals surface area contributed by atoms with Crippen LogP contribution in [0.1, 0.15) is 10.5 Å². The van der Waals surface area contributed by atoms with Crippen LogP contribution in [-0.4, -0.2) is 21.0 Å². The molecule has 0 bridgehead atoms. The van der Waals surface area contributed by atoms with Gasteiger partial charge in [0.25, 0.3) is 0 Å². The van der Waals surface area contributed by atoms with Gasteiger partial charge in [-0.1, -0.05) is 18.2 Å². The highest BCUT2D eigenvalue weighted by atomic mass is 32.1. The Morgan fingerprint density at radius 2 is 2.06 bits per heavy atom. The molecule has 0 aliphatic carbocycles. The monoisotopic (exact) mass is 256 g/mol. The van der Waals surface area contributed by atoms with E-state index in [0.29, 0.717) is 5.82 Å². The minimum Gasteiger partial charge on any atom is -0.477 e. The van der Waals surface area contributed by atoms with Gasteiger partial charge in [-0.3, -0.25) is 0 Å². The van der Waals surface area contributed by atoms with Crippen molar-refractivity contribution >= 4 is 27.4 Å². The van der Waals surface area contributed by atoms with Gasteiger partial charge in [0, 0.05) is 27.2 Å². The summed E-state index contributed by atoms with van der Waals surface area (Å²) in [4.78, 5) is 19.1. The standard InChI is InChI=1S/C13H8N2O2S/c16-13(17)10-5-6-14-12(15-10)9-7-18-11-4-2-1-3-8(9)11/h1-7H,(H,16,17). The number of aromatic carboxylic acids is 1. The molecule has 1 aromatic carbocycles. The molecule has 0 saturated heterocycles. The van der Waals surface area contributed by atoms with Gasteiger partial charge in [0.05, 0.1) is 0 Å². The van der Waals surface area contributed by atoms with Crippen molar-refractivity contribution in [3.05, 3.63) is 47.6 Å². The normalized spacial score (nSPS) is 10.7. The molecule has 0 atom stereocenters. The summed E-state index contributed by atoms with van der Waals surface area (Å²) < 4.78 is 1.14. The van der Waals surface area contributed by atoms with Crippen LogP contribution >= 0.6 is 11.3 Å². The fourth-order valence-corrected chi connectivity index (χ4v) is 2.70. The Bertz CT molecular complexity index is 736. The lowest BCUT2D eigenvalue weighted by Crippen LogP contribution is -2.01. The lowest BCUT2D eigenvalue weighted by molar-refractivity contribution is 0.0690. The molecule has 88 valence electrons. The zero-order valence-corrected chi connectivity index (χ0v) is 10.0. The molecular formula is C13H8N2O2S. The van der Waals surface area contributed by atoms with Crippen molar-refractivity contribution in [1.82, 2.24) is 9.97 Å². The Kier molecular flexibility index (Phi) is 2.53. The van der Waals surface area contributed by atoms with E-state index in [2.05, 4.69) is 9.97 Å². The summed E-state index contributed by atoms with van der Waals surface area (Å²) in [7, 11) is 0. The molecule has 4 nitrogen and oxygen atoms in total. The fraction of sp³-hybridized carbons (Fsp3) is 0. The second-order valence-corrected chi connectivity index (χ2v) is 4.63. The number of carboxylic acid groups (broad SMARTS) is 1. The first-order valence-corrected chi connectivity index (χ1v) is 6.16. The second-order valence-electron chi connectivity index (χ2n) is 3.72. The van der Waals surface area contributed by atoms with Crippen LogP contribution < -0.4 is 0 Å². The first-order valence-electron chi connectivity index (χ1n) is 5.28. The van der Waals surface area contributed by atoms with Gasteiger partial charge < -0.3 is 5.11 Å². The molecule has 2 aromatic heterocycles. The number of carbonyl (C=O) groups is 1. The van der Waals surface area contributed by atoms with E-state index in [-0.39, 0.29) is 5.69 Å². The first kappa shape index (κ1) is 10.9. The van der Waals surface area contributed by atoms with Crippen LogP contribution in [0.5, 0.6) is 0 Å². The maximum atomic E-state index is 10.9. The van der Waals surface area contributed by atoms with Crippen molar-refractivity contribution < 1.29 is 9.90 Å². The summed E-state index contributed by atoms with van der Waals surface area (Å²) in [6, 6.07) is 9.31. The summed E-state index contributed by atoms with van der Waals surface area (Å²) in [5, 5.41) is 11.9. The number of carboxylic acids is 1. The van der Waals surface area contributed by atoms with E-state index < -0.39 is 5.97 Å². The van der Waals surface area contributed by atoms with Crippen LogP contribution in [0.3, 0.4) is 0 Å². The quantitative estimate of drug-likeness (QED) is 0.765. The Morgan fingerprint density at radius 1 is 1.22 bits per heavy atom. The third kappa shape index (κ3) is 1.74. The molecular weight excluding hydrogens is 248 g/mol. The summed E-state index contributed by atoms with van der Waals surface area (Å²) in [6.45, 7) is 0. The molecule has 1 N–H and O–H groups in total. The minimum absolute atomic E-state index is 0.00952. The maximum absolute atomic E-state index is 10.9. The number of aromatic nitrogens is 2. The molecule has 0 aliphatic rings. The van der Waals surface area contributed by atoms with Crippen LogP contribution in [0.2, 0.25) is 0 Å². The number of hydrogen-bond donors (Lipinski definition) is 1. The van der Waals surface area contributed by atoms with E-state index in [1.54, 1.807) is 11.3 Å². The second kappa shape index (κ2) is 4.19. The minimum atomic E-state index is -1.04. The highest BCUT2D eigenvalue weighted by molar-refractivity contribution is 7.17. The van der Waals surface area contributed by atoms with E-state index in [9.17, 15) is 4.79 Å². The van der Waals surface area contributed by atoms with E-state index in [1.165, 1.54) is 12.3 Å². The van der Waals surface area contributed by atoms with Crippen molar-refractivity contribution in [2.24, 2.45) is 0 Å². The average molecular weight is 256 g/mol. The molecule has 0 aliphatic heterocycles. The first-order chi connectivity index (χ1) is 8.75. The van der Waals surface area contributed by atoms with Crippen LogP contribution in [0.15, 0.2) is 41.9 Å². The van der Waals surface area contributed by atoms with Crippen molar-refractivity contribution in [2.75, 3.05) is 0 Å². The third-order valence-electron chi connectivity index (χ3n) is 2.60. The lowest BCUT2D eigenvalue weighted by Gasteiger charge is -1.99. The largest absolute Gasteiger partial charge is 0.477 e. The van der Waals surface area contributed by atoms with Gasteiger partial charge in [-0.2, -0.15) is 0 Å². The molecule has 0 fully saturated rings. The molecule has 18 heavy (non-hydrogen) atoms. The van der Waals surface area contributed by atoms with Crippen LogP contribution in [-0.2, 0) is 0 Å². The van der Waals surface area contributed by atoms with Crippen LogP contribution in [0.25, 0.3) is 21.5 Å². The molecule has 0 unspecified atom stereocenters. The molecule has 3 rings (SSSR count). The zero-order chi connectivity index (χ0) is 12.5. The van der Waals surface area contributed by atoms with Crippen molar-refractivity contribution in [2.45, 2.75) is 0 Å². The number of rotatable bonds is 2. The highest BCUT2D eigenvalue weighted by Crippen LogP contribution is 2.31. The molecule has 0 radical (unpaired) electrons. The predicted molar refractivity (Wildman–Crippen MR) is 69.8 cm³/mol. The van der Waals surface area contributed by atoms with Gasteiger partial charge in [-0.15, -0.1) is 11.3 Å². The summed E-state index contributed by atoms with van der Waals surface area (Å²) in [5.41, 5.74) is 0.883. The summed E-state index contributed by atoms with van der Waals surface area (Å²) in [6.07, 6.45) is 1.47. The van der Waals surface area contributed by atoms with Gasteiger partial charge in [0.1, 0.15) is 0 Å². The molecule has 5 heteroatoms. The van der Waals surface area contributed by atoms with E-state index in [1.807, 2.05) is 29.6 Å². The average Bonchev–Trinajstić information content (AvgIpc) is 2.82. The number of hydrogen-bond acceptors (Lipinski definition) is 4. The topological polar surface area (TPSA) is 63.1 Å². The van der Waals surface area contributed by atoms with Gasteiger partial charge in [0.15, 0.2) is 11.5 Å². The number of nitrogens with zero attached hydrogens (tertiary/aromatic N) is 2. The fourth-order valence-electron chi connectivity index (χ4n) is 1.76. The lowest BCUT2D eigenvalue weighted by atomic mass is 10.1. The Balaban J connectivity index is 2.20. The van der Waals surface area contributed by atoms with Crippen LogP contribution in [0, 0.1) is 0 Å². The van der Waals surface area contributed by atoms with E-state index in [4.69, 9.17) is 5.11 Å². The summed E-state index contributed by atoms with van der Waals surface area (Å²) >= 11 is 1.60. The summed E-state index contributed by atoms with van der Waals surface area (Å²) in [5.74, 6) is -0.592. The van der Waals surface area contributed by atoms with Gasteiger partial charge >= 0.3 is 5.97 Å². The van der Waals surface area contributed by atoms with Gasteiger partial charge in [0.2, 0.25) is 0 Å². The highest BCUT2D eigenvalue weighted by Gasteiger charge is 2.11. The Hall–Kier alpha value is -2.27. The van der Waals surface area contributed by atoms with Crippen LogP contribution in [0.4, 0.5) is 0 Å². The SMILES string of the molecule is O=C(O)c1ccnc(-c2csc3ccccc23)n1. The third-order valence-corrected chi connectivity index (χ3v) is 3.56. The number of thiophene rings is 1. The molecule has 2 heterocycles. The van der Waals surface area contributed by atoms with Crippen molar-refractivity contribution in [3.63, 3.8) is 0 Å².